The summed E-state index contributed by atoms with van der Waals surface area (Å²) in [6.07, 6.45) is 0. The van der Waals surface area contributed by atoms with Crippen LogP contribution in [0.1, 0.15) is 0 Å². The van der Waals surface area contributed by atoms with Crippen molar-refractivity contribution >= 4 is 31.8 Å². The van der Waals surface area contributed by atoms with Crippen LogP contribution in [-0.2, 0) is 10.0 Å². The summed E-state index contributed by atoms with van der Waals surface area (Å²) in [5, 5.41) is 0.975. The molecule has 2 heterocycles. The number of likely N-dealkylation sites (N-methyl/N-ethyl adjacent to an activating group) is 1. The Morgan fingerprint density at radius 1 is 1.03 bits per heavy atom. The summed E-state index contributed by atoms with van der Waals surface area (Å²) in [5.74, 6) is -0.602. The van der Waals surface area contributed by atoms with Gasteiger partial charge in [0.1, 0.15) is 0 Å². The maximum Gasteiger partial charge on any atom is 0.257 e. The highest BCUT2D eigenvalue weighted by Gasteiger charge is 2.20. The lowest BCUT2D eigenvalue weighted by Crippen LogP contribution is -2.31. The predicted molar refractivity (Wildman–Crippen MR) is 116 cm³/mol. The number of hydrogen-bond acceptors (Lipinski definition) is 4. The van der Waals surface area contributed by atoms with Gasteiger partial charge in [0, 0.05) is 24.0 Å². The molecule has 0 aliphatic rings. The SMILES string of the molecule is CN(C)CCNS(=O)(=O)c1ccc2c(F)c(-c3cc4ccccc4[nH]c3=O)[nH]c2c1. The molecular weight excluding hydrogens is 407 g/mol. The van der Waals surface area contributed by atoms with E-state index in [2.05, 4.69) is 14.7 Å². The molecule has 0 saturated carbocycles. The first kappa shape index (κ1) is 20.3. The van der Waals surface area contributed by atoms with Gasteiger partial charge < -0.3 is 14.9 Å². The van der Waals surface area contributed by atoms with Gasteiger partial charge in [-0.1, -0.05) is 18.2 Å². The number of hydrogen-bond donors (Lipinski definition) is 3. The number of pyridine rings is 1. The van der Waals surface area contributed by atoms with Crippen LogP contribution in [0.3, 0.4) is 0 Å². The zero-order valence-corrected chi connectivity index (χ0v) is 17.3. The summed E-state index contributed by atoms with van der Waals surface area (Å²) < 4.78 is 42.6. The van der Waals surface area contributed by atoms with Gasteiger partial charge in [-0.15, -0.1) is 0 Å². The molecule has 156 valence electrons. The number of benzene rings is 2. The fraction of sp³-hybridized carbons (Fsp3) is 0.190. The predicted octanol–water partition coefficient (Wildman–Crippen LogP) is 2.66. The quantitative estimate of drug-likeness (QED) is 0.440. The Morgan fingerprint density at radius 2 is 1.80 bits per heavy atom. The zero-order chi connectivity index (χ0) is 21.5. The van der Waals surface area contributed by atoms with Gasteiger partial charge in [-0.25, -0.2) is 17.5 Å². The minimum Gasteiger partial charge on any atom is -0.352 e. The minimum absolute atomic E-state index is 0.0205. The van der Waals surface area contributed by atoms with Gasteiger partial charge in [0.2, 0.25) is 10.0 Å². The fourth-order valence-corrected chi connectivity index (χ4v) is 4.36. The van der Waals surface area contributed by atoms with Gasteiger partial charge in [-0.2, -0.15) is 0 Å². The lowest BCUT2D eigenvalue weighted by atomic mass is 10.1. The molecule has 2 aromatic heterocycles. The highest BCUT2D eigenvalue weighted by Crippen LogP contribution is 2.29. The summed E-state index contributed by atoms with van der Waals surface area (Å²) in [6.45, 7) is 0.803. The molecule has 0 radical (unpaired) electrons. The Morgan fingerprint density at radius 3 is 2.57 bits per heavy atom. The molecule has 4 aromatic rings. The maximum atomic E-state index is 15.1. The number of nitrogens with zero attached hydrogens (tertiary/aromatic N) is 1. The Balaban J connectivity index is 1.76. The summed E-state index contributed by atoms with van der Waals surface area (Å²) in [5.41, 5.74) is 0.686. The second-order valence-electron chi connectivity index (χ2n) is 7.32. The van der Waals surface area contributed by atoms with Crippen molar-refractivity contribution in [2.45, 2.75) is 4.90 Å². The van der Waals surface area contributed by atoms with E-state index < -0.39 is 21.4 Å². The van der Waals surface area contributed by atoms with Crippen LogP contribution in [0.5, 0.6) is 0 Å². The van der Waals surface area contributed by atoms with Crippen LogP contribution in [0.15, 0.2) is 58.2 Å². The van der Waals surface area contributed by atoms with Crippen LogP contribution < -0.4 is 10.3 Å². The molecule has 2 aromatic carbocycles. The van der Waals surface area contributed by atoms with Gasteiger partial charge >= 0.3 is 0 Å². The summed E-state index contributed by atoms with van der Waals surface area (Å²) in [4.78, 5) is 20.0. The molecule has 0 saturated heterocycles. The van der Waals surface area contributed by atoms with Crippen molar-refractivity contribution in [2.75, 3.05) is 27.2 Å². The maximum absolute atomic E-state index is 15.1. The third-order valence-electron chi connectivity index (χ3n) is 4.89. The molecular formula is C21H21FN4O3S. The van der Waals surface area contributed by atoms with E-state index >= 15 is 4.39 Å². The van der Waals surface area contributed by atoms with E-state index in [0.29, 0.717) is 17.6 Å². The molecule has 7 nitrogen and oxygen atoms in total. The second kappa shape index (κ2) is 7.67. The molecule has 0 aliphatic carbocycles. The first-order valence-electron chi connectivity index (χ1n) is 9.34. The van der Waals surface area contributed by atoms with Crippen LogP contribution in [0.25, 0.3) is 33.1 Å². The van der Waals surface area contributed by atoms with Crippen molar-refractivity contribution in [3.63, 3.8) is 0 Å². The topological polar surface area (TPSA) is 98.1 Å². The average molecular weight is 428 g/mol. The van der Waals surface area contributed by atoms with Crippen LogP contribution in [-0.4, -0.2) is 50.5 Å². The Bertz CT molecular complexity index is 1410. The average Bonchev–Trinajstić information content (AvgIpc) is 3.03. The van der Waals surface area contributed by atoms with Crippen molar-refractivity contribution in [1.82, 2.24) is 19.6 Å². The lowest BCUT2D eigenvalue weighted by Gasteiger charge is -2.11. The van der Waals surface area contributed by atoms with Gasteiger partial charge in [-0.3, -0.25) is 4.79 Å². The van der Waals surface area contributed by atoms with Gasteiger partial charge in [0.05, 0.1) is 21.7 Å². The normalized spacial score (nSPS) is 12.3. The van der Waals surface area contributed by atoms with Crippen LogP contribution >= 0.6 is 0 Å². The lowest BCUT2D eigenvalue weighted by molar-refractivity contribution is 0.412. The van der Waals surface area contributed by atoms with Crippen LogP contribution in [0.4, 0.5) is 4.39 Å². The van der Waals surface area contributed by atoms with Gasteiger partial charge in [0.15, 0.2) is 5.82 Å². The number of fused-ring (bicyclic) bond motifs is 2. The van der Waals surface area contributed by atoms with Gasteiger partial charge in [-0.05, 0) is 49.8 Å². The number of aromatic nitrogens is 2. The minimum atomic E-state index is -3.74. The Kier molecular flexibility index (Phi) is 5.19. The molecule has 0 bridgehead atoms. The summed E-state index contributed by atoms with van der Waals surface area (Å²) >= 11 is 0. The molecule has 0 aliphatic heterocycles. The highest BCUT2D eigenvalue weighted by molar-refractivity contribution is 7.89. The van der Waals surface area contributed by atoms with Crippen LogP contribution in [0.2, 0.25) is 0 Å². The third kappa shape index (κ3) is 3.74. The molecule has 3 N–H and O–H groups in total. The first-order valence-corrected chi connectivity index (χ1v) is 10.8. The smallest absolute Gasteiger partial charge is 0.257 e. The largest absolute Gasteiger partial charge is 0.352 e. The van der Waals surface area contributed by atoms with E-state index in [1.165, 1.54) is 18.2 Å². The number of halogens is 1. The number of aromatic amines is 2. The van der Waals surface area contributed by atoms with E-state index in [-0.39, 0.29) is 28.1 Å². The monoisotopic (exact) mass is 428 g/mol. The van der Waals surface area contributed by atoms with Crippen molar-refractivity contribution < 1.29 is 12.8 Å². The molecule has 0 amide bonds. The summed E-state index contributed by atoms with van der Waals surface area (Å²) in [7, 11) is -0.0490. The number of nitrogens with one attached hydrogen (secondary N) is 3. The first-order chi connectivity index (χ1) is 14.3. The van der Waals surface area contributed by atoms with Crippen molar-refractivity contribution in [3.05, 3.63) is 64.7 Å². The third-order valence-corrected chi connectivity index (χ3v) is 6.35. The van der Waals surface area contributed by atoms with Gasteiger partial charge in [0.25, 0.3) is 5.56 Å². The molecule has 0 spiro atoms. The zero-order valence-electron chi connectivity index (χ0n) is 16.5. The summed E-state index contributed by atoms with van der Waals surface area (Å²) in [6, 6.07) is 13.0. The van der Waals surface area contributed by atoms with E-state index in [4.69, 9.17) is 0 Å². The van der Waals surface area contributed by atoms with E-state index in [0.717, 1.165) is 5.39 Å². The molecule has 9 heteroatoms. The van der Waals surface area contributed by atoms with Crippen molar-refractivity contribution in [1.29, 1.82) is 0 Å². The molecule has 0 fully saturated rings. The van der Waals surface area contributed by atoms with E-state index in [9.17, 15) is 13.2 Å². The highest BCUT2D eigenvalue weighted by atomic mass is 32.2. The number of H-pyrrole nitrogens is 2. The molecule has 0 atom stereocenters. The Labute approximate surface area is 172 Å². The number of sulfonamides is 1. The van der Waals surface area contributed by atoms with Crippen LogP contribution in [0, 0.1) is 5.82 Å². The molecule has 4 rings (SSSR count). The number of para-hydroxylation sites is 1. The van der Waals surface area contributed by atoms with E-state index in [1.807, 2.05) is 31.1 Å². The fourth-order valence-electron chi connectivity index (χ4n) is 3.32. The molecule has 0 unspecified atom stereocenters. The van der Waals surface area contributed by atoms with E-state index in [1.54, 1.807) is 18.2 Å². The second-order valence-corrected chi connectivity index (χ2v) is 9.09. The standard InChI is InChI=1S/C21H21FN4O3S/c1-26(2)10-9-23-30(28,29)14-7-8-15-18(12-14)24-20(19(15)22)16-11-13-5-3-4-6-17(13)25-21(16)27/h3-8,11-12,23-24H,9-10H2,1-2H3,(H,25,27). The van der Waals surface area contributed by atoms with Crippen molar-refractivity contribution in [2.24, 2.45) is 0 Å². The number of rotatable bonds is 6. The molecule has 30 heavy (non-hydrogen) atoms. The Hall–Kier alpha value is -3.01. The van der Waals surface area contributed by atoms with Crippen molar-refractivity contribution in [3.8, 4) is 11.3 Å².